The summed E-state index contributed by atoms with van der Waals surface area (Å²) in [7, 11) is 0. The Labute approximate surface area is 152 Å². The number of rotatable bonds is 5. The lowest BCUT2D eigenvalue weighted by Gasteiger charge is -2.11. The lowest BCUT2D eigenvalue weighted by Crippen LogP contribution is -2.35. The van der Waals surface area contributed by atoms with Crippen molar-refractivity contribution in [2.24, 2.45) is 0 Å². The third kappa shape index (κ3) is 5.69. The first kappa shape index (κ1) is 18.6. The summed E-state index contributed by atoms with van der Waals surface area (Å²) in [5.41, 5.74) is 3.31. The van der Waals surface area contributed by atoms with Crippen molar-refractivity contribution in [3.8, 4) is 0 Å². The van der Waals surface area contributed by atoms with E-state index in [4.69, 9.17) is 12.2 Å². The van der Waals surface area contributed by atoms with Gasteiger partial charge in [0.1, 0.15) is 0 Å². The Morgan fingerprint density at radius 2 is 1.72 bits per heavy atom. The van der Waals surface area contributed by atoms with Crippen LogP contribution in [-0.4, -0.2) is 23.5 Å². The third-order valence-electron chi connectivity index (χ3n) is 3.61. The number of thiocarbonyl (C=S) groups is 1. The smallest absolute Gasteiger partial charge is 0.251 e. The molecule has 25 heavy (non-hydrogen) atoms. The van der Waals surface area contributed by atoms with E-state index in [9.17, 15) is 9.59 Å². The molecule has 0 aromatic heterocycles. The quantitative estimate of drug-likeness (QED) is 0.722. The summed E-state index contributed by atoms with van der Waals surface area (Å²) < 4.78 is 0. The highest BCUT2D eigenvalue weighted by atomic mass is 32.1. The fourth-order valence-corrected chi connectivity index (χ4v) is 2.51. The Bertz CT molecular complexity index is 772. The SMILES string of the molecule is CCNC(=O)c1ccc(NC(=S)NC(=O)Cc2ccccc2C)cc1. The second kappa shape index (κ2) is 8.94. The molecule has 0 aliphatic carbocycles. The van der Waals surface area contributed by atoms with E-state index in [0.29, 0.717) is 17.8 Å². The molecule has 0 atom stereocenters. The minimum atomic E-state index is -0.175. The van der Waals surface area contributed by atoms with Gasteiger partial charge in [-0.2, -0.15) is 0 Å². The molecule has 0 heterocycles. The van der Waals surface area contributed by atoms with Crippen molar-refractivity contribution in [1.82, 2.24) is 10.6 Å². The molecule has 0 unspecified atom stereocenters. The van der Waals surface area contributed by atoms with Crippen LogP contribution in [-0.2, 0) is 11.2 Å². The highest BCUT2D eigenvalue weighted by Gasteiger charge is 2.08. The molecule has 2 amide bonds. The van der Waals surface area contributed by atoms with Crippen LogP contribution in [0.3, 0.4) is 0 Å². The summed E-state index contributed by atoms with van der Waals surface area (Å²) >= 11 is 5.17. The number of aryl methyl sites for hydroxylation is 1. The van der Waals surface area contributed by atoms with Gasteiger partial charge >= 0.3 is 0 Å². The van der Waals surface area contributed by atoms with Gasteiger partial charge in [-0.1, -0.05) is 24.3 Å². The van der Waals surface area contributed by atoms with E-state index < -0.39 is 0 Å². The third-order valence-corrected chi connectivity index (χ3v) is 3.81. The number of anilines is 1. The lowest BCUT2D eigenvalue weighted by atomic mass is 10.1. The molecular weight excluding hydrogens is 334 g/mol. The fraction of sp³-hybridized carbons (Fsp3) is 0.211. The topological polar surface area (TPSA) is 70.2 Å². The lowest BCUT2D eigenvalue weighted by molar-refractivity contribution is -0.119. The molecule has 2 rings (SSSR count). The minimum absolute atomic E-state index is 0.122. The summed E-state index contributed by atoms with van der Waals surface area (Å²) in [4.78, 5) is 23.8. The van der Waals surface area contributed by atoms with Crippen LogP contribution in [0.4, 0.5) is 5.69 Å². The molecular formula is C19H21N3O2S. The van der Waals surface area contributed by atoms with E-state index in [1.54, 1.807) is 24.3 Å². The normalized spacial score (nSPS) is 10.0. The van der Waals surface area contributed by atoms with Crippen molar-refractivity contribution < 1.29 is 9.59 Å². The minimum Gasteiger partial charge on any atom is -0.352 e. The fourth-order valence-electron chi connectivity index (χ4n) is 2.28. The molecule has 0 aliphatic rings. The Balaban J connectivity index is 1.88. The van der Waals surface area contributed by atoms with Gasteiger partial charge in [0, 0.05) is 17.8 Å². The predicted molar refractivity (Wildman–Crippen MR) is 104 cm³/mol. The van der Waals surface area contributed by atoms with Crippen LogP contribution in [0.25, 0.3) is 0 Å². The number of benzene rings is 2. The van der Waals surface area contributed by atoms with E-state index in [1.807, 2.05) is 38.1 Å². The maximum Gasteiger partial charge on any atom is 0.251 e. The maximum absolute atomic E-state index is 12.1. The highest BCUT2D eigenvalue weighted by molar-refractivity contribution is 7.80. The number of amides is 2. The Hall–Kier alpha value is -2.73. The number of carbonyl (C=O) groups excluding carboxylic acids is 2. The average Bonchev–Trinajstić information content (AvgIpc) is 2.57. The predicted octanol–water partition coefficient (Wildman–Crippen LogP) is 2.80. The monoisotopic (exact) mass is 355 g/mol. The van der Waals surface area contributed by atoms with E-state index in [2.05, 4.69) is 16.0 Å². The molecule has 0 bridgehead atoms. The van der Waals surface area contributed by atoms with Crippen molar-refractivity contribution in [2.75, 3.05) is 11.9 Å². The standard InChI is InChI=1S/C19H21N3O2S/c1-3-20-18(24)14-8-10-16(11-9-14)21-19(25)22-17(23)12-15-7-5-4-6-13(15)2/h4-11H,3,12H2,1-2H3,(H,20,24)(H2,21,22,23,25). The number of carbonyl (C=O) groups is 2. The van der Waals surface area contributed by atoms with Crippen molar-refractivity contribution in [2.45, 2.75) is 20.3 Å². The van der Waals surface area contributed by atoms with Crippen LogP contribution in [0.15, 0.2) is 48.5 Å². The van der Waals surface area contributed by atoms with Gasteiger partial charge in [0.15, 0.2) is 5.11 Å². The maximum atomic E-state index is 12.1. The number of hydrogen-bond acceptors (Lipinski definition) is 3. The van der Waals surface area contributed by atoms with E-state index in [1.165, 1.54) is 0 Å². The van der Waals surface area contributed by atoms with Gasteiger partial charge in [-0.3, -0.25) is 9.59 Å². The summed E-state index contributed by atoms with van der Waals surface area (Å²) in [6.07, 6.45) is 0.268. The molecule has 0 spiro atoms. The highest BCUT2D eigenvalue weighted by Crippen LogP contribution is 2.10. The zero-order valence-corrected chi connectivity index (χ0v) is 15.1. The van der Waals surface area contributed by atoms with Crippen LogP contribution in [0, 0.1) is 6.92 Å². The molecule has 3 N–H and O–H groups in total. The van der Waals surface area contributed by atoms with Gasteiger partial charge in [-0.15, -0.1) is 0 Å². The van der Waals surface area contributed by atoms with Crippen molar-refractivity contribution in [3.05, 3.63) is 65.2 Å². The number of nitrogens with one attached hydrogen (secondary N) is 3. The van der Waals surface area contributed by atoms with E-state index >= 15 is 0 Å². The van der Waals surface area contributed by atoms with Gasteiger partial charge in [0.25, 0.3) is 5.91 Å². The molecule has 0 fully saturated rings. The summed E-state index contributed by atoms with van der Waals surface area (Å²) in [5.74, 6) is -0.297. The first-order valence-electron chi connectivity index (χ1n) is 8.03. The van der Waals surface area contributed by atoms with Gasteiger partial charge in [0.05, 0.1) is 6.42 Å². The van der Waals surface area contributed by atoms with Gasteiger partial charge in [0.2, 0.25) is 5.91 Å². The van der Waals surface area contributed by atoms with Crippen LogP contribution >= 0.6 is 12.2 Å². The zero-order valence-electron chi connectivity index (χ0n) is 14.3. The number of hydrogen-bond donors (Lipinski definition) is 3. The molecule has 0 saturated heterocycles. The van der Waals surface area contributed by atoms with Gasteiger partial charge in [-0.05, 0) is 61.5 Å². The molecule has 0 radical (unpaired) electrons. The summed E-state index contributed by atoms with van der Waals surface area (Å²) in [5, 5.41) is 8.56. The van der Waals surface area contributed by atoms with Crippen LogP contribution in [0.5, 0.6) is 0 Å². The van der Waals surface area contributed by atoms with Crippen LogP contribution in [0.2, 0.25) is 0 Å². The molecule has 5 nitrogen and oxygen atoms in total. The van der Waals surface area contributed by atoms with Gasteiger partial charge < -0.3 is 16.0 Å². The zero-order chi connectivity index (χ0) is 18.2. The molecule has 6 heteroatoms. The summed E-state index contributed by atoms with van der Waals surface area (Å²) in [6, 6.07) is 14.6. The second-order valence-electron chi connectivity index (χ2n) is 5.54. The summed E-state index contributed by atoms with van der Waals surface area (Å²) in [6.45, 7) is 4.41. The second-order valence-corrected chi connectivity index (χ2v) is 5.95. The van der Waals surface area contributed by atoms with E-state index in [-0.39, 0.29) is 23.3 Å². The van der Waals surface area contributed by atoms with Crippen molar-refractivity contribution >= 4 is 34.8 Å². The Morgan fingerprint density at radius 3 is 2.36 bits per heavy atom. The molecule has 2 aromatic carbocycles. The first-order valence-corrected chi connectivity index (χ1v) is 8.44. The molecule has 0 saturated carbocycles. The van der Waals surface area contributed by atoms with E-state index in [0.717, 1.165) is 11.1 Å². The van der Waals surface area contributed by atoms with Crippen molar-refractivity contribution in [1.29, 1.82) is 0 Å². The molecule has 0 aliphatic heterocycles. The molecule has 2 aromatic rings. The van der Waals surface area contributed by atoms with Crippen LogP contribution < -0.4 is 16.0 Å². The first-order chi connectivity index (χ1) is 12.0. The van der Waals surface area contributed by atoms with Crippen LogP contribution in [0.1, 0.15) is 28.4 Å². The van der Waals surface area contributed by atoms with Crippen molar-refractivity contribution in [3.63, 3.8) is 0 Å². The largest absolute Gasteiger partial charge is 0.352 e. The van der Waals surface area contributed by atoms with Gasteiger partial charge in [-0.25, -0.2) is 0 Å². The average molecular weight is 355 g/mol. The Morgan fingerprint density at radius 1 is 1.04 bits per heavy atom. The molecule has 130 valence electrons. The Kier molecular flexibility index (Phi) is 6.65.